The lowest BCUT2D eigenvalue weighted by Gasteiger charge is -2.10. The Kier molecular flexibility index (Phi) is 4.27. The fraction of sp³-hybridized carbons (Fsp3) is 0.400. The molecule has 0 fully saturated rings. The minimum absolute atomic E-state index is 0.0821. The topological polar surface area (TPSA) is 25.2 Å². The quantitative estimate of drug-likeness (QED) is 0.783. The van der Waals surface area contributed by atoms with Gasteiger partial charge in [0, 0.05) is 34.2 Å². The number of hydrogen-bond acceptors (Lipinski definition) is 2. The van der Waals surface area contributed by atoms with Gasteiger partial charge in [-0.15, -0.1) is 0 Å². The monoisotopic (exact) mass is 278 g/mol. The second-order valence-corrected chi connectivity index (χ2v) is 5.55. The van der Waals surface area contributed by atoms with Gasteiger partial charge in [-0.25, -0.2) is 0 Å². The molecule has 19 heavy (non-hydrogen) atoms. The average Bonchev–Trinajstić information content (AvgIpc) is 2.67. The molecular formula is C15H19ClN2O. The van der Waals surface area contributed by atoms with Crippen molar-refractivity contribution >= 4 is 28.3 Å². The number of benzene rings is 1. The van der Waals surface area contributed by atoms with Gasteiger partial charge in [-0.05, 0) is 52.2 Å². The van der Waals surface area contributed by atoms with E-state index in [1.807, 2.05) is 24.4 Å². The smallest absolute Gasteiger partial charge is 0.161 e. The van der Waals surface area contributed by atoms with Gasteiger partial charge in [-0.3, -0.25) is 4.79 Å². The number of hydrogen-bond donors (Lipinski definition) is 0. The Morgan fingerprint density at radius 2 is 2.11 bits per heavy atom. The van der Waals surface area contributed by atoms with Crippen molar-refractivity contribution in [3.63, 3.8) is 0 Å². The number of nitrogens with zero attached hydrogens (tertiary/aromatic N) is 2. The largest absolute Gasteiger partial charge is 0.347 e. The van der Waals surface area contributed by atoms with E-state index in [1.54, 1.807) is 6.92 Å². The molecule has 102 valence electrons. The van der Waals surface area contributed by atoms with Crippen molar-refractivity contribution in [1.29, 1.82) is 0 Å². The van der Waals surface area contributed by atoms with Crippen LogP contribution in [-0.4, -0.2) is 35.9 Å². The van der Waals surface area contributed by atoms with Crippen LogP contribution in [-0.2, 0) is 6.54 Å². The summed E-state index contributed by atoms with van der Waals surface area (Å²) in [5.74, 6) is 0.0821. The van der Waals surface area contributed by atoms with E-state index >= 15 is 0 Å². The third-order valence-electron chi connectivity index (χ3n) is 3.23. The summed E-state index contributed by atoms with van der Waals surface area (Å²) in [5.41, 5.74) is 1.83. The summed E-state index contributed by atoms with van der Waals surface area (Å²) in [5, 5.41) is 1.62. The number of rotatable bonds is 5. The van der Waals surface area contributed by atoms with E-state index in [4.69, 9.17) is 11.6 Å². The maximum absolute atomic E-state index is 11.7. The number of ketones is 1. The first-order valence-electron chi connectivity index (χ1n) is 6.43. The number of halogens is 1. The molecule has 0 aliphatic carbocycles. The molecule has 1 aromatic carbocycles. The molecule has 0 spiro atoms. The molecule has 2 aromatic rings. The van der Waals surface area contributed by atoms with Crippen LogP contribution >= 0.6 is 11.6 Å². The SMILES string of the molecule is CC(=O)c1cn(CCCN(C)C)c2ccc(Cl)cc12. The maximum Gasteiger partial charge on any atom is 0.161 e. The Labute approximate surface area is 118 Å². The lowest BCUT2D eigenvalue weighted by molar-refractivity contribution is 0.101. The first-order chi connectivity index (χ1) is 8.99. The van der Waals surface area contributed by atoms with Gasteiger partial charge in [0.05, 0.1) is 0 Å². The fourth-order valence-corrected chi connectivity index (χ4v) is 2.46. The molecule has 3 nitrogen and oxygen atoms in total. The Morgan fingerprint density at radius 1 is 1.37 bits per heavy atom. The van der Waals surface area contributed by atoms with Crippen molar-refractivity contribution < 1.29 is 4.79 Å². The number of carbonyl (C=O) groups excluding carboxylic acids is 1. The highest BCUT2D eigenvalue weighted by Gasteiger charge is 2.12. The molecule has 0 radical (unpaired) electrons. The molecule has 0 saturated carbocycles. The van der Waals surface area contributed by atoms with Crippen molar-refractivity contribution in [3.05, 3.63) is 35.0 Å². The number of Topliss-reactive ketones (excluding diaryl/α,β-unsaturated/α-hetero) is 1. The van der Waals surface area contributed by atoms with Gasteiger partial charge in [0.1, 0.15) is 0 Å². The van der Waals surface area contributed by atoms with Gasteiger partial charge in [-0.1, -0.05) is 11.6 Å². The highest BCUT2D eigenvalue weighted by molar-refractivity contribution is 6.31. The van der Waals surface area contributed by atoms with Crippen LogP contribution in [0.4, 0.5) is 0 Å². The van der Waals surface area contributed by atoms with Gasteiger partial charge >= 0.3 is 0 Å². The number of carbonyl (C=O) groups is 1. The normalized spacial score (nSPS) is 11.4. The molecule has 4 heteroatoms. The van der Waals surface area contributed by atoms with Crippen LogP contribution in [0.5, 0.6) is 0 Å². The summed E-state index contributed by atoms with van der Waals surface area (Å²) >= 11 is 6.02. The van der Waals surface area contributed by atoms with E-state index in [-0.39, 0.29) is 5.78 Å². The first-order valence-corrected chi connectivity index (χ1v) is 6.81. The highest BCUT2D eigenvalue weighted by atomic mass is 35.5. The van der Waals surface area contributed by atoms with E-state index < -0.39 is 0 Å². The highest BCUT2D eigenvalue weighted by Crippen LogP contribution is 2.25. The van der Waals surface area contributed by atoms with Crippen LogP contribution in [0.25, 0.3) is 10.9 Å². The minimum Gasteiger partial charge on any atom is -0.347 e. The Bertz CT molecular complexity index is 601. The fourth-order valence-electron chi connectivity index (χ4n) is 2.29. The number of aromatic nitrogens is 1. The standard InChI is InChI=1S/C15H19ClN2O/c1-11(19)14-10-18(8-4-7-17(2)3)15-6-5-12(16)9-13(14)15/h5-6,9-10H,4,7-8H2,1-3H3. The molecule has 1 aromatic heterocycles. The van der Waals surface area contributed by atoms with Crippen LogP contribution in [0, 0.1) is 0 Å². The van der Waals surface area contributed by atoms with Crippen molar-refractivity contribution in [3.8, 4) is 0 Å². The van der Waals surface area contributed by atoms with Crippen LogP contribution in [0.2, 0.25) is 5.02 Å². The van der Waals surface area contributed by atoms with Crippen LogP contribution < -0.4 is 0 Å². The molecule has 0 saturated heterocycles. The third-order valence-corrected chi connectivity index (χ3v) is 3.46. The maximum atomic E-state index is 11.7. The molecule has 0 N–H and O–H groups in total. The third kappa shape index (κ3) is 3.17. The van der Waals surface area contributed by atoms with E-state index in [0.717, 1.165) is 36.0 Å². The predicted octanol–water partition coefficient (Wildman–Crippen LogP) is 3.45. The summed E-state index contributed by atoms with van der Waals surface area (Å²) in [6.45, 7) is 3.53. The summed E-state index contributed by atoms with van der Waals surface area (Å²) in [6.07, 6.45) is 3.00. The first kappa shape index (κ1) is 14.1. The van der Waals surface area contributed by atoms with Gasteiger partial charge in [0.15, 0.2) is 5.78 Å². The Morgan fingerprint density at radius 3 is 2.74 bits per heavy atom. The van der Waals surface area contributed by atoms with E-state index in [2.05, 4.69) is 23.6 Å². The van der Waals surface area contributed by atoms with Crippen LogP contribution in [0.15, 0.2) is 24.4 Å². The zero-order valence-corrected chi connectivity index (χ0v) is 12.4. The van der Waals surface area contributed by atoms with E-state index in [9.17, 15) is 4.79 Å². The predicted molar refractivity (Wildman–Crippen MR) is 80.1 cm³/mol. The van der Waals surface area contributed by atoms with Crippen LogP contribution in [0.1, 0.15) is 23.7 Å². The van der Waals surface area contributed by atoms with Gasteiger partial charge in [0.25, 0.3) is 0 Å². The molecule has 0 amide bonds. The van der Waals surface area contributed by atoms with Gasteiger partial charge in [0.2, 0.25) is 0 Å². The molecule has 0 bridgehead atoms. The Hall–Kier alpha value is -1.32. The van der Waals surface area contributed by atoms with Gasteiger partial charge in [-0.2, -0.15) is 0 Å². The molecule has 0 atom stereocenters. The molecular weight excluding hydrogens is 260 g/mol. The average molecular weight is 279 g/mol. The van der Waals surface area contributed by atoms with Crippen molar-refractivity contribution in [2.45, 2.75) is 19.9 Å². The lowest BCUT2D eigenvalue weighted by atomic mass is 10.1. The van der Waals surface area contributed by atoms with Crippen molar-refractivity contribution in [1.82, 2.24) is 9.47 Å². The van der Waals surface area contributed by atoms with Gasteiger partial charge < -0.3 is 9.47 Å². The summed E-state index contributed by atoms with van der Waals surface area (Å²) in [6, 6.07) is 5.73. The second-order valence-electron chi connectivity index (χ2n) is 5.11. The lowest BCUT2D eigenvalue weighted by Crippen LogP contribution is -2.14. The van der Waals surface area contributed by atoms with Crippen LogP contribution in [0.3, 0.4) is 0 Å². The molecule has 1 heterocycles. The molecule has 0 aliphatic rings. The molecule has 2 rings (SSSR count). The Balaban J connectivity index is 2.36. The molecule has 0 aliphatic heterocycles. The minimum atomic E-state index is 0.0821. The molecule has 0 unspecified atom stereocenters. The number of fused-ring (bicyclic) bond motifs is 1. The van der Waals surface area contributed by atoms with Crippen molar-refractivity contribution in [2.75, 3.05) is 20.6 Å². The summed E-state index contributed by atoms with van der Waals surface area (Å²) in [4.78, 5) is 13.9. The summed E-state index contributed by atoms with van der Waals surface area (Å²) in [7, 11) is 4.13. The van der Waals surface area contributed by atoms with E-state index in [1.165, 1.54) is 0 Å². The van der Waals surface area contributed by atoms with E-state index in [0.29, 0.717) is 5.02 Å². The zero-order valence-electron chi connectivity index (χ0n) is 11.6. The van der Waals surface area contributed by atoms with Crippen molar-refractivity contribution in [2.24, 2.45) is 0 Å². The second kappa shape index (κ2) is 5.76. The summed E-state index contributed by atoms with van der Waals surface area (Å²) < 4.78 is 2.14. The zero-order chi connectivity index (χ0) is 14.0. The number of aryl methyl sites for hydroxylation is 1.